The normalized spacial score (nSPS) is 10.6. The lowest BCUT2D eigenvalue weighted by Gasteiger charge is -2.06. The van der Waals surface area contributed by atoms with E-state index in [0.29, 0.717) is 18.8 Å². The van der Waals surface area contributed by atoms with Gasteiger partial charge >= 0.3 is 0 Å². The van der Waals surface area contributed by atoms with Gasteiger partial charge in [-0.3, -0.25) is 10.1 Å². The summed E-state index contributed by atoms with van der Waals surface area (Å²) in [6.07, 6.45) is 4.19. The number of benzene rings is 1. The van der Waals surface area contributed by atoms with E-state index in [2.05, 4.69) is 20.4 Å². The van der Waals surface area contributed by atoms with Gasteiger partial charge in [0.05, 0.1) is 11.4 Å². The number of hydrogen-bond acceptors (Lipinski definition) is 4. The number of amides is 1. The average Bonchev–Trinajstić information content (AvgIpc) is 2.89. The molecule has 0 saturated carbocycles. The van der Waals surface area contributed by atoms with E-state index in [4.69, 9.17) is 0 Å². The van der Waals surface area contributed by atoms with E-state index < -0.39 is 0 Å². The Balaban J connectivity index is 1.70. The van der Waals surface area contributed by atoms with E-state index in [9.17, 15) is 4.79 Å². The molecule has 0 bridgehead atoms. The van der Waals surface area contributed by atoms with Gasteiger partial charge in [-0.25, -0.2) is 14.6 Å². The molecule has 1 aromatic carbocycles. The van der Waals surface area contributed by atoms with Crippen molar-refractivity contribution < 1.29 is 4.79 Å². The van der Waals surface area contributed by atoms with Crippen LogP contribution in [0.4, 0.5) is 5.95 Å². The Labute approximate surface area is 140 Å². The van der Waals surface area contributed by atoms with Crippen molar-refractivity contribution in [2.75, 3.05) is 5.32 Å². The number of carbonyl (C=O) groups excluding carboxylic acids is 1. The van der Waals surface area contributed by atoms with E-state index in [0.717, 1.165) is 22.6 Å². The van der Waals surface area contributed by atoms with Gasteiger partial charge in [0.25, 0.3) is 0 Å². The van der Waals surface area contributed by atoms with Crippen LogP contribution in [0.1, 0.15) is 23.4 Å². The van der Waals surface area contributed by atoms with Gasteiger partial charge in [-0.15, -0.1) is 0 Å². The van der Waals surface area contributed by atoms with Crippen molar-refractivity contribution in [1.29, 1.82) is 0 Å². The third kappa shape index (κ3) is 3.48. The molecule has 24 heavy (non-hydrogen) atoms. The first-order valence-corrected chi connectivity index (χ1v) is 7.82. The van der Waals surface area contributed by atoms with Crippen LogP contribution in [-0.4, -0.2) is 25.7 Å². The Morgan fingerprint density at radius 1 is 1.08 bits per heavy atom. The number of hydrogen-bond donors (Lipinski definition) is 1. The van der Waals surface area contributed by atoms with Crippen LogP contribution in [0.5, 0.6) is 0 Å². The lowest BCUT2D eigenvalue weighted by atomic mass is 10.1. The Kier molecular flexibility index (Phi) is 4.65. The fourth-order valence-corrected chi connectivity index (χ4v) is 2.65. The number of nitrogens with one attached hydrogen (secondary N) is 1. The maximum absolute atomic E-state index is 12.1. The van der Waals surface area contributed by atoms with Crippen LogP contribution < -0.4 is 5.32 Å². The maximum atomic E-state index is 12.1. The van der Waals surface area contributed by atoms with Gasteiger partial charge in [0.2, 0.25) is 11.9 Å². The molecule has 122 valence electrons. The highest BCUT2D eigenvalue weighted by molar-refractivity contribution is 5.89. The van der Waals surface area contributed by atoms with Crippen molar-refractivity contribution in [2.45, 2.75) is 26.7 Å². The summed E-state index contributed by atoms with van der Waals surface area (Å²) < 4.78 is 1.92. The first kappa shape index (κ1) is 15.9. The number of nitrogens with zero attached hydrogens (tertiary/aromatic N) is 4. The number of carbonyl (C=O) groups is 1. The predicted molar refractivity (Wildman–Crippen MR) is 92.0 cm³/mol. The second-order valence-electron chi connectivity index (χ2n) is 5.52. The fraction of sp³-hybridized carbons (Fsp3) is 0.222. The molecule has 6 heteroatoms. The summed E-state index contributed by atoms with van der Waals surface area (Å²) in [5.41, 5.74) is 4.12. The number of anilines is 1. The third-order valence-electron chi connectivity index (χ3n) is 3.86. The number of aryl methyl sites for hydroxylation is 1. The van der Waals surface area contributed by atoms with Crippen LogP contribution in [0.25, 0.3) is 5.69 Å². The molecule has 0 saturated heterocycles. The highest BCUT2D eigenvalue weighted by Crippen LogP contribution is 2.19. The van der Waals surface area contributed by atoms with Crippen molar-refractivity contribution in [2.24, 2.45) is 0 Å². The molecule has 0 atom stereocenters. The fourth-order valence-electron chi connectivity index (χ4n) is 2.65. The molecule has 0 fully saturated rings. The molecule has 0 radical (unpaired) electrons. The molecular formula is C18H19N5O. The van der Waals surface area contributed by atoms with Crippen molar-refractivity contribution in [3.8, 4) is 5.69 Å². The minimum absolute atomic E-state index is 0.104. The lowest BCUT2D eigenvalue weighted by molar-refractivity contribution is -0.116. The van der Waals surface area contributed by atoms with Gasteiger partial charge in [-0.2, -0.15) is 5.10 Å². The van der Waals surface area contributed by atoms with Gasteiger partial charge in [0.15, 0.2) is 0 Å². The molecule has 0 aliphatic heterocycles. The molecule has 2 heterocycles. The highest BCUT2D eigenvalue weighted by Gasteiger charge is 2.14. The largest absolute Gasteiger partial charge is 0.295 e. The molecule has 0 unspecified atom stereocenters. The van der Waals surface area contributed by atoms with Gasteiger partial charge in [-0.1, -0.05) is 18.2 Å². The molecule has 3 rings (SSSR count). The van der Waals surface area contributed by atoms with Gasteiger partial charge in [0, 0.05) is 24.5 Å². The van der Waals surface area contributed by atoms with Crippen molar-refractivity contribution in [3.05, 3.63) is 65.7 Å². The van der Waals surface area contributed by atoms with Gasteiger partial charge < -0.3 is 0 Å². The van der Waals surface area contributed by atoms with Crippen LogP contribution >= 0.6 is 0 Å². The van der Waals surface area contributed by atoms with E-state index in [1.807, 2.05) is 48.9 Å². The topological polar surface area (TPSA) is 72.7 Å². The van der Waals surface area contributed by atoms with Crippen molar-refractivity contribution in [1.82, 2.24) is 19.7 Å². The van der Waals surface area contributed by atoms with Gasteiger partial charge in [-0.05, 0) is 44.0 Å². The molecule has 0 aliphatic rings. The predicted octanol–water partition coefficient (Wildman–Crippen LogP) is 2.85. The number of aromatic nitrogens is 4. The van der Waals surface area contributed by atoms with Crippen molar-refractivity contribution >= 4 is 11.9 Å². The zero-order valence-electron chi connectivity index (χ0n) is 13.7. The SMILES string of the molecule is Cc1nn(-c2ccccc2)c(C)c1CCC(=O)Nc1ncccn1. The van der Waals surface area contributed by atoms with Crippen LogP contribution in [0, 0.1) is 13.8 Å². The molecule has 3 aromatic rings. The summed E-state index contributed by atoms with van der Waals surface area (Å²) in [6.45, 7) is 4.00. The Morgan fingerprint density at radius 2 is 1.79 bits per heavy atom. The third-order valence-corrected chi connectivity index (χ3v) is 3.86. The standard InChI is InChI=1S/C18H19N5O/c1-13-16(9-10-17(24)21-18-19-11-6-12-20-18)14(2)23(22-13)15-7-4-3-5-8-15/h3-8,11-12H,9-10H2,1-2H3,(H,19,20,21,24). The van der Waals surface area contributed by atoms with E-state index in [1.54, 1.807) is 18.5 Å². The molecule has 6 nitrogen and oxygen atoms in total. The highest BCUT2D eigenvalue weighted by atomic mass is 16.1. The molecular weight excluding hydrogens is 302 g/mol. The summed E-state index contributed by atoms with van der Waals surface area (Å²) in [5, 5.41) is 7.30. The van der Waals surface area contributed by atoms with E-state index in [-0.39, 0.29) is 5.91 Å². The maximum Gasteiger partial charge on any atom is 0.229 e. The van der Waals surface area contributed by atoms with E-state index >= 15 is 0 Å². The Bertz CT molecular complexity index is 827. The first-order valence-electron chi connectivity index (χ1n) is 7.82. The lowest BCUT2D eigenvalue weighted by Crippen LogP contribution is -2.14. The summed E-state index contributed by atoms with van der Waals surface area (Å²) in [4.78, 5) is 20.1. The Hall–Kier alpha value is -3.02. The average molecular weight is 321 g/mol. The summed E-state index contributed by atoms with van der Waals surface area (Å²) in [7, 11) is 0. The quantitative estimate of drug-likeness (QED) is 0.784. The van der Waals surface area contributed by atoms with E-state index in [1.165, 1.54) is 0 Å². The minimum Gasteiger partial charge on any atom is -0.295 e. The molecule has 0 spiro atoms. The molecule has 0 aliphatic carbocycles. The summed E-state index contributed by atoms with van der Waals surface area (Å²) in [6, 6.07) is 11.7. The van der Waals surface area contributed by atoms with Crippen LogP contribution in [0.15, 0.2) is 48.8 Å². The van der Waals surface area contributed by atoms with Crippen LogP contribution in [0.2, 0.25) is 0 Å². The van der Waals surface area contributed by atoms with Gasteiger partial charge in [0.1, 0.15) is 0 Å². The second kappa shape index (κ2) is 7.04. The first-order chi connectivity index (χ1) is 11.6. The summed E-state index contributed by atoms with van der Waals surface area (Å²) in [5.74, 6) is 0.225. The zero-order valence-corrected chi connectivity index (χ0v) is 13.7. The minimum atomic E-state index is -0.104. The number of rotatable bonds is 5. The molecule has 1 N–H and O–H groups in total. The molecule has 2 aromatic heterocycles. The molecule has 1 amide bonds. The second-order valence-corrected chi connectivity index (χ2v) is 5.52. The zero-order chi connectivity index (χ0) is 16.9. The number of para-hydroxylation sites is 1. The Morgan fingerprint density at radius 3 is 2.50 bits per heavy atom. The van der Waals surface area contributed by atoms with Crippen LogP contribution in [-0.2, 0) is 11.2 Å². The smallest absolute Gasteiger partial charge is 0.229 e. The van der Waals surface area contributed by atoms with Crippen molar-refractivity contribution in [3.63, 3.8) is 0 Å². The summed E-state index contributed by atoms with van der Waals surface area (Å²) >= 11 is 0. The van der Waals surface area contributed by atoms with Crippen LogP contribution in [0.3, 0.4) is 0 Å². The monoisotopic (exact) mass is 321 g/mol.